The number of halogens is 2. The van der Waals surface area contributed by atoms with E-state index in [0.717, 1.165) is 26.3 Å². The molecule has 0 unspecified atom stereocenters. The number of nitrogens with zero attached hydrogens (tertiary/aromatic N) is 1. The molecule has 0 aliphatic heterocycles. The molecular weight excluding hydrogens is 482 g/mol. The van der Waals surface area contributed by atoms with Gasteiger partial charge in [-0.2, -0.15) is 0 Å². The minimum absolute atomic E-state index is 0.571. The van der Waals surface area contributed by atoms with E-state index in [1.54, 1.807) is 6.07 Å². The Bertz CT molecular complexity index is 576. The van der Waals surface area contributed by atoms with Crippen molar-refractivity contribution >= 4 is 38.1 Å². The molecule has 0 aromatic heterocycles. The van der Waals surface area contributed by atoms with Gasteiger partial charge in [0.05, 0.1) is 30.7 Å². The zero-order chi connectivity index (χ0) is 20.8. The second-order valence-electron chi connectivity index (χ2n) is 8.34. The number of unbranched alkanes of at least 4 members (excludes halogenated alkanes) is 9. The smallest absolute Gasteiger partial charge is 0.153 e. The van der Waals surface area contributed by atoms with E-state index in [9.17, 15) is 4.79 Å². The molecule has 1 aromatic carbocycles. The number of rotatable bonds is 16. The molecule has 0 aliphatic rings. The zero-order valence-corrected chi connectivity index (χ0v) is 21.1. The number of benzene rings is 1. The number of hydrogen-bond donors (Lipinski definition) is 0. The number of carbonyl (C=O) groups excluding carboxylic acids is 1. The van der Waals surface area contributed by atoms with Gasteiger partial charge in [-0.3, -0.25) is 4.79 Å². The highest BCUT2D eigenvalue weighted by molar-refractivity contribution is 9.11. The van der Waals surface area contributed by atoms with Crippen molar-refractivity contribution in [1.82, 2.24) is 0 Å². The maximum atomic E-state index is 11.3. The summed E-state index contributed by atoms with van der Waals surface area (Å²) in [7, 11) is 4.52. The summed E-state index contributed by atoms with van der Waals surface area (Å²) in [6, 6.07) is 3.70. The summed E-state index contributed by atoms with van der Waals surface area (Å²) in [6.07, 6.45) is 14.5. The van der Waals surface area contributed by atoms with Crippen LogP contribution in [0.25, 0.3) is 0 Å². The lowest BCUT2D eigenvalue weighted by molar-refractivity contribution is -0.890. The summed E-state index contributed by atoms with van der Waals surface area (Å²) < 4.78 is 8.56. The van der Waals surface area contributed by atoms with E-state index >= 15 is 0 Å². The molecule has 3 nitrogen and oxygen atoms in total. The first-order valence-electron chi connectivity index (χ1n) is 10.8. The van der Waals surface area contributed by atoms with E-state index in [1.165, 1.54) is 70.8 Å². The van der Waals surface area contributed by atoms with Gasteiger partial charge in [0.2, 0.25) is 0 Å². The van der Waals surface area contributed by atoms with Gasteiger partial charge in [-0.15, -0.1) is 0 Å². The van der Waals surface area contributed by atoms with Crippen LogP contribution in [0.2, 0.25) is 0 Å². The normalized spacial score (nSPS) is 11.6. The summed E-state index contributed by atoms with van der Waals surface area (Å²) in [5.74, 6) is 0.636. The highest BCUT2D eigenvalue weighted by Crippen LogP contribution is 2.32. The maximum Gasteiger partial charge on any atom is 0.153 e. The van der Waals surface area contributed by atoms with E-state index in [4.69, 9.17) is 4.74 Å². The Hall–Kier alpha value is -0.390. The fourth-order valence-electron chi connectivity index (χ4n) is 3.35. The van der Waals surface area contributed by atoms with Crippen molar-refractivity contribution in [3.8, 4) is 5.75 Å². The molecule has 0 amide bonds. The summed E-state index contributed by atoms with van der Waals surface area (Å²) in [5, 5.41) is 0. The molecule has 160 valence electrons. The number of ether oxygens (including phenoxy) is 1. The van der Waals surface area contributed by atoms with Gasteiger partial charge in [0.25, 0.3) is 0 Å². The lowest BCUT2D eigenvalue weighted by atomic mass is 10.1. The summed E-state index contributed by atoms with van der Waals surface area (Å²) in [4.78, 5) is 11.3. The number of carbonyl (C=O) groups is 1. The minimum Gasteiger partial charge on any atom is -0.486 e. The van der Waals surface area contributed by atoms with Crippen LogP contribution in [0.15, 0.2) is 21.1 Å². The third-order valence-electron chi connectivity index (χ3n) is 5.22. The fraction of sp³-hybridized carbons (Fsp3) is 0.696. The van der Waals surface area contributed by atoms with Crippen molar-refractivity contribution in [2.45, 2.75) is 71.1 Å². The molecule has 1 aromatic rings. The van der Waals surface area contributed by atoms with Crippen molar-refractivity contribution in [3.05, 3.63) is 26.6 Å². The van der Waals surface area contributed by atoms with Gasteiger partial charge in [-0.1, -0.05) is 74.2 Å². The van der Waals surface area contributed by atoms with E-state index in [2.05, 4.69) is 52.9 Å². The molecule has 0 saturated carbocycles. The largest absolute Gasteiger partial charge is 0.486 e. The van der Waals surface area contributed by atoms with Crippen LogP contribution in [-0.2, 0) is 0 Å². The van der Waals surface area contributed by atoms with Gasteiger partial charge >= 0.3 is 0 Å². The van der Waals surface area contributed by atoms with E-state index < -0.39 is 0 Å². The highest BCUT2D eigenvalue weighted by Gasteiger charge is 2.16. The Kier molecular flexibility index (Phi) is 13.3. The van der Waals surface area contributed by atoms with Crippen molar-refractivity contribution in [1.29, 1.82) is 0 Å². The third-order valence-corrected chi connectivity index (χ3v) is 6.27. The molecule has 0 heterocycles. The molecule has 0 fully saturated rings. The molecule has 0 N–H and O–H groups in total. The van der Waals surface area contributed by atoms with E-state index in [1.807, 2.05) is 6.07 Å². The monoisotopic (exact) mass is 518 g/mol. The lowest BCUT2D eigenvalue weighted by Crippen LogP contribution is -2.43. The van der Waals surface area contributed by atoms with Gasteiger partial charge in [0, 0.05) is 4.47 Å². The van der Waals surface area contributed by atoms with Crippen molar-refractivity contribution in [2.24, 2.45) is 0 Å². The molecule has 1 rings (SSSR count). The van der Waals surface area contributed by atoms with Crippen LogP contribution >= 0.6 is 31.9 Å². The average molecular weight is 520 g/mol. The van der Waals surface area contributed by atoms with Crippen LogP contribution in [0.4, 0.5) is 0 Å². The zero-order valence-electron chi connectivity index (χ0n) is 17.9. The average Bonchev–Trinajstić information content (AvgIpc) is 2.64. The maximum absolute atomic E-state index is 11.3. The number of likely N-dealkylation sites (N-methyl/N-ethyl adjacent to an activating group) is 1. The summed E-state index contributed by atoms with van der Waals surface area (Å²) in [5.41, 5.74) is 0.571. The lowest BCUT2D eigenvalue weighted by Gasteiger charge is -2.30. The van der Waals surface area contributed by atoms with Gasteiger partial charge in [-0.25, -0.2) is 0 Å². The van der Waals surface area contributed by atoms with Crippen molar-refractivity contribution in [2.75, 3.05) is 33.8 Å². The van der Waals surface area contributed by atoms with Gasteiger partial charge < -0.3 is 9.22 Å². The van der Waals surface area contributed by atoms with Crippen LogP contribution < -0.4 is 4.74 Å². The second kappa shape index (κ2) is 14.6. The molecule has 0 aliphatic carbocycles. The molecule has 0 radical (unpaired) electrons. The van der Waals surface area contributed by atoms with Crippen LogP contribution in [0.1, 0.15) is 81.5 Å². The van der Waals surface area contributed by atoms with E-state index in [0.29, 0.717) is 17.9 Å². The molecule has 0 atom stereocenters. The van der Waals surface area contributed by atoms with Crippen LogP contribution in [0.3, 0.4) is 0 Å². The van der Waals surface area contributed by atoms with Crippen LogP contribution in [0.5, 0.6) is 5.75 Å². The molecule has 0 spiro atoms. The molecule has 0 bridgehead atoms. The SMILES string of the molecule is CCCCCCCCCCCC[N+](C)(C)CCOc1c(Br)cc(Br)cc1C=O. The number of quaternary nitrogens is 1. The number of hydrogen-bond acceptors (Lipinski definition) is 2. The fourth-order valence-corrected chi connectivity index (χ4v) is 4.73. The first-order valence-corrected chi connectivity index (χ1v) is 12.4. The Balaban J connectivity index is 2.19. The molecule has 5 heteroatoms. The topological polar surface area (TPSA) is 26.3 Å². The quantitative estimate of drug-likeness (QED) is 0.129. The predicted molar refractivity (Wildman–Crippen MR) is 126 cm³/mol. The van der Waals surface area contributed by atoms with Gasteiger partial charge in [0.1, 0.15) is 18.9 Å². The standard InChI is InChI=1S/C23H38Br2NO2/c1-4-5-6-7-8-9-10-11-12-13-14-26(2,3)15-16-28-23-20(19-27)17-21(24)18-22(23)25/h17-19H,4-16H2,1-3H3/q+1. The predicted octanol–water partition coefficient (Wildman–Crippen LogP) is 7.40. The minimum atomic E-state index is 0.571. The molecule has 0 saturated heterocycles. The summed E-state index contributed by atoms with van der Waals surface area (Å²) >= 11 is 6.89. The third kappa shape index (κ3) is 11.0. The number of aldehydes is 1. The van der Waals surface area contributed by atoms with Crippen LogP contribution in [-0.4, -0.2) is 44.6 Å². The molecular formula is C23H38Br2NO2+. The first-order chi connectivity index (χ1) is 13.4. The Morgan fingerprint density at radius 2 is 1.46 bits per heavy atom. The van der Waals surface area contributed by atoms with Crippen molar-refractivity contribution < 1.29 is 14.0 Å². The Morgan fingerprint density at radius 3 is 2.04 bits per heavy atom. The van der Waals surface area contributed by atoms with E-state index in [-0.39, 0.29) is 0 Å². The highest BCUT2D eigenvalue weighted by atomic mass is 79.9. The second-order valence-corrected chi connectivity index (χ2v) is 10.1. The van der Waals surface area contributed by atoms with Gasteiger partial charge in [-0.05, 0) is 40.9 Å². The van der Waals surface area contributed by atoms with Crippen molar-refractivity contribution in [3.63, 3.8) is 0 Å². The Labute approximate surface area is 189 Å². The van der Waals surface area contributed by atoms with Gasteiger partial charge in [0.15, 0.2) is 6.29 Å². The summed E-state index contributed by atoms with van der Waals surface area (Å²) in [6.45, 7) is 4.97. The van der Waals surface area contributed by atoms with Crippen LogP contribution in [0, 0.1) is 0 Å². The Morgan fingerprint density at radius 1 is 0.893 bits per heavy atom. The first kappa shape index (κ1) is 25.6. The molecule has 28 heavy (non-hydrogen) atoms.